The molecule has 0 unspecified atom stereocenters. The molecule has 0 saturated heterocycles. The summed E-state index contributed by atoms with van der Waals surface area (Å²) in [7, 11) is 0. The van der Waals surface area contributed by atoms with Crippen LogP contribution in [0.25, 0.3) is 89.7 Å². The van der Waals surface area contributed by atoms with Crippen molar-refractivity contribution in [2.45, 2.75) is 0 Å². The van der Waals surface area contributed by atoms with Crippen LogP contribution in [0.3, 0.4) is 0 Å². The van der Waals surface area contributed by atoms with Crippen molar-refractivity contribution in [3.63, 3.8) is 0 Å². The quantitative estimate of drug-likeness (QED) is 0.0248. The number of aromatic amines is 2. The van der Waals surface area contributed by atoms with Gasteiger partial charge in [0.2, 0.25) is 0 Å². The Balaban J connectivity index is 1.14. The lowest BCUT2D eigenvalue weighted by Gasteiger charge is -2.26. The summed E-state index contributed by atoms with van der Waals surface area (Å²) in [5.41, 5.74) is -7.03. The Morgan fingerprint density at radius 1 is 0.170 bits per heavy atom. The van der Waals surface area contributed by atoms with Gasteiger partial charge in [-0.05, 0) is 194 Å². The van der Waals surface area contributed by atoms with E-state index in [-0.39, 0.29) is 113 Å². The van der Waals surface area contributed by atoms with Gasteiger partial charge in [0, 0.05) is 45.5 Å². The molecule has 0 saturated carbocycles. The minimum atomic E-state index is -2.46. The zero-order valence-electron chi connectivity index (χ0n) is 56.2. The molecule has 10 N–H and O–H groups in total. The van der Waals surface area contributed by atoms with Crippen molar-refractivity contribution in [2.24, 2.45) is 0 Å². The van der Waals surface area contributed by atoms with Crippen molar-refractivity contribution in [1.29, 1.82) is 0 Å². The van der Waals surface area contributed by atoms with Gasteiger partial charge < -0.3 is 52.5 Å². The van der Waals surface area contributed by atoms with Crippen LogP contribution in [0.1, 0.15) is 0 Å². The molecule has 0 atom stereocenters. The lowest BCUT2D eigenvalue weighted by atomic mass is 9.98. The standard InChI is InChI=1S/C80H42F16N16/c81-33-1-17-41(18-2-33)97-65-53-55(67(99-43-21-5-35(83)6-22-43)71(103-47-29-13-39(87)14-30-47)69(65)101-45-25-9-37(85)10-26-45)79-110-77(53)108-75-51-49(57(89)61(93)63(95)59(51)91)73(106-75)105-74-50-52(60(92)64(96)62(94)58(50)90)76(107-74)109-78-54-56(80(111-78)112-79)68(100-44-23-7-36(84)8-24-44)72(104-48-31-15-40(88)16-32-48)70(102-46-27-11-38(86)12-28-46)66(54)98-42-19-3-34(82)4-20-42/h1-32,97-104H,(H2,105,106,107,108,109,110,111,112). The average molecular weight is 1530 g/mol. The van der Waals surface area contributed by atoms with Gasteiger partial charge in [0.25, 0.3) is 0 Å². The van der Waals surface area contributed by atoms with Crippen molar-refractivity contribution >= 4 is 135 Å². The molecule has 15 aromatic rings. The van der Waals surface area contributed by atoms with E-state index in [4.69, 9.17) is 19.9 Å². The molecule has 0 fully saturated rings. The third-order valence-electron chi connectivity index (χ3n) is 18.1. The van der Waals surface area contributed by atoms with E-state index in [2.05, 4.69) is 62.5 Å². The Labute approximate surface area is 618 Å². The number of benzene rings is 12. The molecular weight excluding hydrogens is 1490 g/mol. The van der Waals surface area contributed by atoms with Crippen LogP contribution in [0.5, 0.6) is 0 Å². The Morgan fingerprint density at radius 3 is 0.580 bits per heavy atom. The molecule has 0 aliphatic carbocycles. The monoisotopic (exact) mass is 1530 g/mol. The smallest absolute Gasteiger partial charge is 0.198 e. The van der Waals surface area contributed by atoms with E-state index in [1.807, 2.05) is 0 Å². The molecule has 8 bridgehead atoms. The summed E-state index contributed by atoms with van der Waals surface area (Å²) in [4.78, 5) is 34.1. The second-order valence-electron chi connectivity index (χ2n) is 25.2. The van der Waals surface area contributed by atoms with Gasteiger partial charge in [-0.25, -0.2) is 100 Å². The Morgan fingerprint density at radius 2 is 0.348 bits per heavy atom. The number of rotatable bonds is 16. The molecule has 17 rings (SSSR count). The van der Waals surface area contributed by atoms with Crippen LogP contribution in [0.15, 0.2) is 194 Å². The predicted molar refractivity (Wildman–Crippen MR) is 393 cm³/mol. The maximum Gasteiger partial charge on any atom is 0.198 e. The number of nitrogens with one attached hydrogen (secondary N) is 10. The first-order chi connectivity index (χ1) is 54.0. The fraction of sp³-hybridized carbons (Fsp3) is 0. The predicted octanol–water partition coefficient (Wildman–Crippen LogP) is 23.0. The van der Waals surface area contributed by atoms with Crippen molar-refractivity contribution in [3.05, 3.63) is 287 Å². The van der Waals surface area contributed by atoms with E-state index >= 15 is 70.2 Å². The summed E-state index contributed by atoms with van der Waals surface area (Å²) in [6.07, 6.45) is 0. The van der Waals surface area contributed by atoms with Gasteiger partial charge >= 0.3 is 0 Å². The van der Waals surface area contributed by atoms with E-state index in [1.54, 1.807) is 0 Å². The van der Waals surface area contributed by atoms with Crippen LogP contribution < -0.4 is 42.5 Å². The number of hydrogen-bond acceptors (Lipinski definition) is 14. The number of anilines is 16. The first-order valence-corrected chi connectivity index (χ1v) is 33.3. The Hall–Kier alpha value is -14.7. The van der Waals surface area contributed by atoms with Crippen LogP contribution in [0.2, 0.25) is 0 Å². The van der Waals surface area contributed by atoms with Crippen molar-refractivity contribution in [3.8, 4) is 45.6 Å². The molecule has 2 aliphatic heterocycles. The second-order valence-corrected chi connectivity index (χ2v) is 25.2. The van der Waals surface area contributed by atoms with Gasteiger partial charge in [-0.1, -0.05) is 0 Å². The van der Waals surface area contributed by atoms with Crippen molar-refractivity contribution in [2.75, 3.05) is 42.5 Å². The zero-order chi connectivity index (χ0) is 77.7. The molecule has 2 aliphatic rings. The Kier molecular flexibility index (Phi) is 17.4. The van der Waals surface area contributed by atoms with Gasteiger partial charge in [0.1, 0.15) is 69.1 Å². The van der Waals surface area contributed by atoms with E-state index in [1.165, 1.54) is 97.1 Å². The van der Waals surface area contributed by atoms with E-state index in [9.17, 15) is 0 Å². The lowest BCUT2D eigenvalue weighted by Crippen LogP contribution is -2.09. The van der Waals surface area contributed by atoms with Crippen LogP contribution >= 0.6 is 0 Å². The highest BCUT2D eigenvalue weighted by molar-refractivity contribution is 6.26. The molecule has 12 aromatic carbocycles. The molecular formula is C80H42F16N16. The number of nitrogens with zero attached hydrogens (tertiary/aromatic N) is 6. The van der Waals surface area contributed by atoms with Crippen molar-refractivity contribution in [1.82, 2.24) is 39.9 Å². The number of fused-ring (bicyclic) bond motifs is 20. The molecule has 32 heteroatoms. The summed E-state index contributed by atoms with van der Waals surface area (Å²) in [6, 6.07) is 38.2. The third kappa shape index (κ3) is 12.8. The molecule has 0 spiro atoms. The second kappa shape index (κ2) is 27.8. The minimum absolute atomic E-state index is 0.0528. The maximum atomic E-state index is 17.3. The van der Waals surface area contributed by atoms with Crippen LogP contribution in [0.4, 0.5) is 161 Å². The number of halogens is 16. The number of hydrogen-bond donors (Lipinski definition) is 10. The van der Waals surface area contributed by atoms with Crippen LogP contribution in [0, 0.1) is 93.1 Å². The summed E-state index contributed by atoms with van der Waals surface area (Å²) >= 11 is 0. The maximum absolute atomic E-state index is 17.3. The number of aromatic nitrogens is 8. The fourth-order valence-corrected chi connectivity index (χ4v) is 13.0. The highest BCUT2D eigenvalue weighted by Gasteiger charge is 2.38. The van der Waals surface area contributed by atoms with Crippen LogP contribution in [-0.4, -0.2) is 39.9 Å². The summed E-state index contributed by atoms with van der Waals surface area (Å²) in [6.45, 7) is 0. The highest BCUT2D eigenvalue weighted by Crippen LogP contribution is 2.58. The van der Waals surface area contributed by atoms with E-state index < -0.39 is 161 Å². The first kappa shape index (κ1) is 70.3. The highest BCUT2D eigenvalue weighted by atomic mass is 19.2. The SMILES string of the molecule is Fc1ccc(Nc2c(Nc3ccc(F)cc3)c(Nc3ccc(F)cc3)c3c(c2Nc2ccc(F)cc2)-c2nc-3nc3[nH]c(nc4nc(nc5[nH]c(n2)c2c(F)c(F)c(F)c(F)c52)-c2c(F)c(F)c(F)c(F)c2-4)c2c(Nc4ccc(F)cc4)c(Nc4ccc(F)cc4)c(Nc4ccc(F)cc4)c(Nc4ccc(F)cc4)c32)cc1. The molecule has 3 aromatic heterocycles. The van der Waals surface area contributed by atoms with Gasteiger partial charge in [0.15, 0.2) is 69.8 Å². The minimum Gasteiger partial charge on any atom is -0.353 e. The summed E-state index contributed by atoms with van der Waals surface area (Å²) in [5, 5.41) is 23.2. The van der Waals surface area contributed by atoms with E-state index in [0.717, 1.165) is 97.1 Å². The molecule has 16 nitrogen and oxygen atoms in total. The van der Waals surface area contributed by atoms with Gasteiger partial charge in [-0.15, -0.1) is 0 Å². The molecule has 554 valence electrons. The Bertz CT molecular complexity index is 6540. The summed E-state index contributed by atoms with van der Waals surface area (Å²) in [5.74, 6) is -27.8. The van der Waals surface area contributed by atoms with E-state index in [0.29, 0.717) is 0 Å². The van der Waals surface area contributed by atoms with Gasteiger partial charge in [-0.2, -0.15) is 0 Å². The number of H-pyrrole nitrogens is 2. The molecule has 0 radical (unpaired) electrons. The summed E-state index contributed by atoms with van der Waals surface area (Å²) < 4.78 is 254. The fourth-order valence-electron chi connectivity index (χ4n) is 13.0. The average Bonchev–Trinajstić information content (AvgIpc) is 1.54. The van der Waals surface area contributed by atoms with Crippen molar-refractivity contribution < 1.29 is 70.2 Å². The first-order valence-electron chi connectivity index (χ1n) is 33.3. The normalized spacial score (nSPS) is 11.6. The van der Waals surface area contributed by atoms with Gasteiger partial charge in [-0.3, -0.25) is 0 Å². The topological polar surface area (TPSA) is 205 Å². The van der Waals surface area contributed by atoms with Gasteiger partial charge in [0.05, 0.1) is 89.3 Å². The third-order valence-corrected chi connectivity index (χ3v) is 18.1. The lowest BCUT2D eigenvalue weighted by molar-refractivity contribution is 0.412. The van der Waals surface area contributed by atoms with Crippen LogP contribution in [-0.2, 0) is 0 Å². The molecule has 0 amide bonds. The largest absolute Gasteiger partial charge is 0.353 e. The molecule has 112 heavy (non-hydrogen) atoms. The molecule has 5 heterocycles. The zero-order valence-corrected chi connectivity index (χ0v) is 56.2.